The van der Waals surface area contributed by atoms with Gasteiger partial charge in [0.15, 0.2) is 10.4 Å². The predicted molar refractivity (Wildman–Crippen MR) is 88.1 cm³/mol. The summed E-state index contributed by atoms with van der Waals surface area (Å²) < 4.78 is 2.16. The van der Waals surface area contributed by atoms with Gasteiger partial charge in [0, 0.05) is 5.56 Å². The number of carbonyl (C=O) groups is 1. The van der Waals surface area contributed by atoms with Crippen molar-refractivity contribution in [3.8, 4) is 0 Å². The van der Waals surface area contributed by atoms with Gasteiger partial charge in [-0.1, -0.05) is 30.4 Å². The number of aromatic amines is 2. The summed E-state index contributed by atoms with van der Waals surface area (Å²) >= 11 is 11.8. The number of thioether (sulfide) groups is 1. The molecular weight excluding hydrogens is 324 g/mol. The number of nitrogens with one attached hydrogen (secondary N) is 2. The normalized spacial score (nSPS) is 10.9. The van der Waals surface area contributed by atoms with Gasteiger partial charge in [0.2, 0.25) is 0 Å². The van der Waals surface area contributed by atoms with Crippen LogP contribution in [0.3, 0.4) is 0 Å². The third kappa shape index (κ3) is 2.45. The van der Waals surface area contributed by atoms with E-state index in [1.54, 1.807) is 12.1 Å². The van der Waals surface area contributed by atoms with Gasteiger partial charge in [-0.2, -0.15) is 9.78 Å². The molecule has 0 saturated carbocycles. The zero-order valence-corrected chi connectivity index (χ0v) is 13.4. The molecular formula is C13H10N4OS3. The average Bonchev–Trinajstić information content (AvgIpc) is 2.86. The molecule has 2 N–H and O–H groups in total. The molecule has 0 aliphatic carbocycles. The van der Waals surface area contributed by atoms with Crippen LogP contribution in [0, 0.1) is 9.41 Å². The molecule has 0 spiro atoms. The number of aromatic nitrogens is 4. The van der Waals surface area contributed by atoms with Crippen LogP contribution in [0.2, 0.25) is 0 Å². The maximum atomic E-state index is 12.6. The van der Waals surface area contributed by atoms with Crippen LogP contribution in [0.25, 0.3) is 11.0 Å². The Morgan fingerprint density at radius 3 is 2.62 bits per heavy atom. The molecule has 3 aromatic rings. The first-order chi connectivity index (χ1) is 10.1. The summed E-state index contributed by atoms with van der Waals surface area (Å²) in [6.07, 6.45) is 1.88. The van der Waals surface area contributed by atoms with Gasteiger partial charge in [0.25, 0.3) is 5.91 Å². The Hall–Kier alpha value is -1.77. The molecule has 0 saturated heterocycles. The number of carbonyl (C=O) groups excluding carboxylic acids is 1. The van der Waals surface area contributed by atoms with Crippen molar-refractivity contribution >= 4 is 53.1 Å². The van der Waals surface area contributed by atoms with E-state index in [9.17, 15) is 4.79 Å². The molecule has 0 bridgehead atoms. The van der Waals surface area contributed by atoms with Gasteiger partial charge in [0.1, 0.15) is 9.67 Å². The number of nitrogens with zero attached hydrogens (tertiary/aromatic N) is 2. The minimum absolute atomic E-state index is 0.229. The Kier molecular flexibility index (Phi) is 3.75. The van der Waals surface area contributed by atoms with Gasteiger partial charge < -0.3 is 9.97 Å². The second kappa shape index (κ2) is 5.55. The van der Waals surface area contributed by atoms with Crippen LogP contribution in [0.15, 0.2) is 35.4 Å². The van der Waals surface area contributed by atoms with Crippen LogP contribution in [-0.2, 0) is 0 Å². The van der Waals surface area contributed by atoms with Crippen molar-refractivity contribution in [3.63, 3.8) is 0 Å². The Labute approximate surface area is 134 Å². The summed E-state index contributed by atoms with van der Waals surface area (Å²) in [5.41, 5.74) is 1.06. The molecule has 0 amide bonds. The topological polar surface area (TPSA) is 66.5 Å². The smallest absolute Gasteiger partial charge is 0.280 e. The number of hydrogen-bond donors (Lipinski definition) is 2. The molecule has 8 heteroatoms. The molecule has 0 atom stereocenters. The van der Waals surface area contributed by atoms with Crippen molar-refractivity contribution in [1.82, 2.24) is 19.7 Å². The molecule has 1 aromatic carbocycles. The second-order valence-electron chi connectivity index (χ2n) is 4.22. The van der Waals surface area contributed by atoms with E-state index in [1.807, 2.05) is 24.5 Å². The standard InChI is InChI=1S/C13H10N4OS3/c1-21-11-8-9(14-13(20)15-10(8)19)17(16-11)12(18)7-5-3-2-4-6-7/h2-6H,1H3,(H2,14,15,19,20). The molecule has 5 nitrogen and oxygen atoms in total. The lowest BCUT2D eigenvalue weighted by atomic mass is 10.2. The van der Waals surface area contributed by atoms with E-state index in [0.29, 0.717) is 31.0 Å². The van der Waals surface area contributed by atoms with Crippen LogP contribution in [0.1, 0.15) is 10.4 Å². The largest absolute Gasteiger partial charge is 0.323 e. The van der Waals surface area contributed by atoms with Crippen LogP contribution in [-0.4, -0.2) is 31.9 Å². The molecule has 0 aliphatic heterocycles. The van der Waals surface area contributed by atoms with E-state index in [2.05, 4.69) is 15.1 Å². The predicted octanol–water partition coefficient (Wildman–Crippen LogP) is 3.56. The SMILES string of the molecule is CSc1nn(C(=O)c2ccccc2)c2[nH]c(=S)[nH]c(=S)c12. The molecule has 2 aromatic heterocycles. The Balaban J connectivity index is 2.31. The highest BCUT2D eigenvalue weighted by Gasteiger charge is 2.18. The maximum absolute atomic E-state index is 12.6. The van der Waals surface area contributed by atoms with Crippen molar-refractivity contribution in [2.24, 2.45) is 0 Å². The highest BCUT2D eigenvalue weighted by Crippen LogP contribution is 2.25. The van der Waals surface area contributed by atoms with Gasteiger partial charge in [-0.3, -0.25) is 4.79 Å². The summed E-state index contributed by atoms with van der Waals surface area (Å²) in [5, 5.41) is 5.74. The van der Waals surface area contributed by atoms with Crippen molar-refractivity contribution in [1.29, 1.82) is 0 Å². The Morgan fingerprint density at radius 2 is 1.95 bits per heavy atom. The lowest BCUT2D eigenvalue weighted by Crippen LogP contribution is -2.14. The van der Waals surface area contributed by atoms with Crippen LogP contribution < -0.4 is 0 Å². The molecule has 3 rings (SSSR count). The van der Waals surface area contributed by atoms with Gasteiger partial charge in [-0.15, -0.1) is 11.8 Å². The van der Waals surface area contributed by atoms with E-state index in [1.165, 1.54) is 16.4 Å². The first-order valence-electron chi connectivity index (χ1n) is 6.01. The summed E-state index contributed by atoms with van der Waals surface area (Å²) in [6.45, 7) is 0. The quantitative estimate of drug-likeness (QED) is 0.554. The van der Waals surface area contributed by atoms with E-state index < -0.39 is 0 Å². The highest BCUT2D eigenvalue weighted by atomic mass is 32.2. The zero-order chi connectivity index (χ0) is 15.0. The van der Waals surface area contributed by atoms with Gasteiger partial charge in [0.05, 0.1) is 5.39 Å². The second-order valence-corrected chi connectivity index (χ2v) is 5.84. The summed E-state index contributed by atoms with van der Waals surface area (Å²) in [5.74, 6) is -0.229. The lowest BCUT2D eigenvalue weighted by molar-refractivity contribution is 0.0948. The van der Waals surface area contributed by atoms with E-state index >= 15 is 0 Å². The third-order valence-corrected chi connectivity index (χ3v) is 4.13. The molecule has 0 fully saturated rings. The minimum atomic E-state index is -0.229. The van der Waals surface area contributed by atoms with E-state index in [-0.39, 0.29) is 5.91 Å². The van der Waals surface area contributed by atoms with E-state index in [0.717, 1.165) is 0 Å². The molecule has 0 radical (unpaired) electrons. The van der Waals surface area contributed by atoms with E-state index in [4.69, 9.17) is 24.4 Å². The average molecular weight is 334 g/mol. The molecule has 0 unspecified atom stereocenters. The molecule has 0 aliphatic rings. The van der Waals surface area contributed by atoms with Crippen molar-refractivity contribution in [2.75, 3.05) is 6.26 Å². The van der Waals surface area contributed by atoms with Gasteiger partial charge in [-0.05, 0) is 30.6 Å². The number of H-pyrrole nitrogens is 2. The third-order valence-electron chi connectivity index (χ3n) is 2.95. The lowest BCUT2D eigenvalue weighted by Gasteiger charge is -2.01. The van der Waals surface area contributed by atoms with Gasteiger partial charge in [-0.25, -0.2) is 0 Å². The molecule has 21 heavy (non-hydrogen) atoms. The summed E-state index contributed by atoms with van der Waals surface area (Å²) in [7, 11) is 0. The van der Waals surface area contributed by atoms with Crippen LogP contribution >= 0.6 is 36.2 Å². The zero-order valence-electron chi connectivity index (χ0n) is 10.9. The molecule has 2 heterocycles. The molecule has 106 valence electrons. The number of benzene rings is 1. The van der Waals surface area contributed by atoms with Crippen molar-refractivity contribution < 1.29 is 4.79 Å². The fourth-order valence-corrected chi connectivity index (χ4v) is 3.20. The summed E-state index contributed by atoms with van der Waals surface area (Å²) in [6, 6.07) is 8.96. The number of rotatable bonds is 2. The first-order valence-corrected chi connectivity index (χ1v) is 8.05. The fourth-order valence-electron chi connectivity index (χ4n) is 2.02. The minimum Gasteiger partial charge on any atom is -0.323 e. The fraction of sp³-hybridized carbons (Fsp3) is 0.0769. The summed E-state index contributed by atoms with van der Waals surface area (Å²) in [4.78, 5) is 18.4. The highest BCUT2D eigenvalue weighted by molar-refractivity contribution is 7.98. The number of fused-ring (bicyclic) bond motifs is 1. The monoisotopic (exact) mass is 334 g/mol. The van der Waals surface area contributed by atoms with Crippen molar-refractivity contribution in [2.45, 2.75) is 5.03 Å². The first kappa shape index (κ1) is 14.2. The van der Waals surface area contributed by atoms with Crippen molar-refractivity contribution in [3.05, 3.63) is 45.3 Å². The maximum Gasteiger partial charge on any atom is 0.280 e. The van der Waals surface area contributed by atoms with Gasteiger partial charge >= 0.3 is 0 Å². The Bertz CT molecular complexity index is 939. The Morgan fingerprint density at radius 1 is 1.24 bits per heavy atom. The number of hydrogen-bond acceptors (Lipinski definition) is 5. The van der Waals surface area contributed by atoms with Crippen LogP contribution in [0.5, 0.6) is 0 Å². The van der Waals surface area contributed by atoms with Crippen LogP contribution in [0.4, 0.5) is 0 Å².